The molecule has 0 amide bonds. The van der Waals surface area contributed by atoms with E-state index in [1.807, 2.05) is 6.07 Å². The molecule has 0 bridgehead atoms. The van der Waals surface area contributed by atoms with Gasteiger partial charge in [-0.25, -0.2) is 4.39 Å². The van der Waals surface area contributed by atoms with Crippen molar-refractivity contribution >= 4 is 15.9 Å². The molecule has 1 aromatic carbocycles. The Kier molecular flexibility index (Phi) is 5.41. The first-order valence-electron chi connectivity index (χ1n) is 7.42. The van der Waals surface area contributed by atoms with Gasteiger partial charge in [-0.1, -0.05) is 6.07 Å². The predicted molar refractivity (Wildman–Crippen MR) is 88.8 cm³/mol. The highest BCUT2D eigenvalue weighted by Crippen LogP contribution is 2.38. The highest BCUT2D eigenvalue weighted by atomic mass is 79.9. The second-order valence-corrected chi connectivity index (χ2v) is 7.17. The number of hydrogen-bond acceptors (Lipinski definition) is 3. The SMILES string of the molecule is CN(CC1(N(C)C)CCC1)C(CN)c1ccc(Br)c(F)c1. The fourth-order valence-electron chi connectivity index (χ4n) is 3.20. The minimum absolute atomic E-state index is 0.0463. The number of halogens is 2. The van der Waals surface area contributed by atoms with Crippen LogP contribution in [0.25, 0.3) is 0 Å². The molecular formula is C16H25BrFN3. The number of nitrogens with zero attached hydrogens (tertiary/aromatic N) is 2. The van der Waals surface area contributed by atoms with E-state index in [1.54, 1.807) is 12.1 Å². The second kappa shape index (κ2) is 6.73. The average molecular weight is 358 g/mol. The van der Waals surface area contributed by atoms with Gasteiger partial charge in [-0.15, -0.1) is 0 Å². The van der Waals surface area contributed by atoms with Crippen molar-refractivity contribution in [3.63, 3.8) is 0 Å². The molecule has 1 fully saturated rings. The summed E-state index contributed by atoms with van der Waals surface area (Å²) >= 11 is 3.20. The van der Waals surface area contributed by atoms with E-state index < -0.39 is 0 Å². The van der Waals surface area contributed by atoms with E-state index >= 15 is 0 Å². The van der Waals surface area contributed by atoms with Crippen LogP contribution in [-0.4, -0.2) is 49.6 Å². The summed E-state index contributed by atoms with van der Waals surface area (Å²) in [5.41, 5.74) is 7.14. The van der Waals surface area contributed by atoms with Gasteiger partial charge < -0.3 is 10.6 Å². The maximum atomic E-state index is 13.8. The monoisotopic (exact) mass is 357 g/mol. The molecule has 5 heteroatoms. The summed E-state index contributed by atoms with van der Waals surface area (Å²) in [6.45, 7) is 1.45. The van der Waals surface area contributed by atoms with Gasteiger partial charge in [0.25, 0.3) is 0 Å². The Labute approximate surface area is 135 Å². The van der Waals surface area contributed by atoms with Gasteiger partial charge in [0.2, 0.25) is 0 Å². The van der Waals surface area contributed by atoms with Gasteiger partial charge in [-0.2, -0.15) is 0 Å². The molecule has 21 heavy (non-hydrogen) atoms. The van der Waals surface area contributed by atoms with Crippen LogP contribution in [0.4, 0.5) is 4.39 Å². The van der Waals surface area contributed by atoms with Crippen LogP contribution in [0.3, 0.4) is 0 Å². The highest BCUT2D eigenvalue weighted by Gasteiger charge is 2.40. The number of hydrogen-bond donors (Lipinski definition) is 1. The van der Waals surface area contributed by atoms with E-state index in [0.29, 0.717) is 11.0 Å². The zero-order valence-electron chi connectivity index (χ0n) is 13.1. The molecule has 1 aliphatic rings. The minimum Gasteiger partial charge on any atom is -0.329 e. The number of rotatable bonds is 6. The molecule has 0 aliphatic heterocycles. The van der Waals surface area contributed by atoms with Gasteiger partial charge in [-0.3, -0.25) is 4.90 Å². The van der Waals surface area contributed by atoms with E-state index in [0.717, 1.165) is 12.1 Å². The lowest BCUT2D eigenvalue weighted by atomic mass is 9.75. The fraction of sp³-hybridized carbons (Fsp3) is 0.625. The topological polar surface area (TPSA) is 32.5 Å². The van der Waals surface area contributed by atoms with Gasteiger partial charge in [0.05, 0.1) is 4.47 Å². The van der Waals surface area contributed by atoms with Crippen molar-refractivity contribution in [2.45, 2.75) is 30.8 Å². The third-order valence-electron chi connectivity index (χ3n) is 4.86. The second-order valence-electron chi connectivity index (χ2n) is 6.31. The van der Waals surface area contributed by atoms with Crippen molar-refractivity contribution in [2.24, 2.45) is 5.73 Å². The summed E-state index contributed by atoms with van der Waals surface area (Å²) in [7, 11) is 6.37. The summed E-state index contributed by atoms with van der Waals surface area (Å²) in [4.78, 5) is 4.59. The maximum absolute atomic E-state index is 13.8. The number of nitrogens with two attached hydrogens (primary N) is 1. The summed E-state index contributed by atoms with van der Waals surface area (Å²) in [5, 5.41) is 0. The Bertz CT molecular complexity index is 488. The average Bonchev–Trinajstić information content (AvgIpc) is 2.38. The van der Waals surface area contributed by atoms with Crippen LogP contribution in [-0.2, 0) is 0 Å². The molecule has 1 unspecified atom stereocenters. The lowest BCUT2D eigenvalue weighted by Crippen LogP contribution is -2.57. The van der Waals surface area contributed by atoms with Gasteiger partial charge in [0.1, 0.15) is 5.82 Å². The van der Waals surface area contributed by atoms with E-state index in [1.165, 1.54) is 19.3 Å². The molecule has 1 saturated carbocycles. The zero-order chi connectivity index (χ0) is 15.6. The van der Waals surface area contributed by atoms with Crippen LogP contribution in [0.2, 0.25) is 0 Å². The molecule has 0 spiro atoms. The molecule has 118 valence electrons. The fourth-order valence-corrected chi connectivity index (χ4v) is 3.44. The minimum atomic E-state index is -0.231. The smallest absolute Gasteiger partial charge is 0.137 e. The molecular weight excluding hydrogens is 333 g/mol. The summed E-state index contributed by atoms with van der Waals surface area (Å²) in [6, 6.07) is 5.34. The first-order valence-corrected chi connectivity index (χ1v) is 8.21. The highest BCUT2D eigenvalue weighted by molar-refractivity contribution is 9.10. The molecule has 2 rings (SSSR count). The van der Waals surface area contributed by atoms with Crippen molar-refractivity contribution in [1.29, 1.82) is 0 Å². The molecule has 0 saturated heterocycles. The van der Waals surface area contributed by atoms with Crippen molar-refractivity contribution in [3.8, 4) is 0 Å². The molecule has 0 radical (unpaired) electrons. The Hall–Kier alpha value is -0.490. The van der Waals surface area contributed by atoms with Crippen molar-refractivity contribution in [1.82, 2.24) is 9.80 Å². The Morgan fingerprint density at radius 3 is 2.43 bits per heavy atom. The van der Waals surface area contributed by atoms with Crippen LogP contribution < -0.4 is 5.73 Å². The van der Waals surface area contributed by atoms with Gasteiger partial charge in [0.15, 0.2) is 0 Å². The van der Waals surface area contributed by atoms with Crippen molar-refractivity contribution in [3.05, 3.63) is 34.1 Å². The van der Waals surface area contributed by atoms with Crippen molar-refractivity contribution in [2.75, 3.05) is 34.2 Å². The zero-order valence-corrected chi connectivity index (χ0v) is 14.7. The van der Waals surface area contributed by atoms with Crippen LogP contribution >= 0.6 is 15.9 Å². The molecule has 0 heterocycles. The summed E-state index contributed by atoms with van der Waals surface area (Å²) in [5.74, 6) is -0.231. The maximum Gasteiger partial charge on any atom is 0.137 e. The van der Waals surface area contributed by atoms with Crippen LogP contribution in [0.15, 0.2) is 22.7 Å². The quantitative estimate of drug-likeness (QED) is 0.849. The Morgan fingerprint density at radius 1 is 1.33 bits per heavy atom. The van der Waals surface area contributed by atoms with Crippen molar-refractivity contribution < 1.29 is 4.39 Å². The van der Waals surface area contributed by atoms with Gasteiger partial charge in [0, 0.05) is 24.7 Å². The van der Waals surface area contributed by atoms with E-state index in [4.69, 9.17) is 5.73 Å². The van der Waals surface area contributed by atoms with Gasteiger partial charge >= 0.3 is 0 Å². The molecule has 1 aromatic rings. The molecule has 2 N–H and O–H groups in total. The lowest BCUT2D eigenvalue weighted by molar-refractivity contribution is 0.0167. The first kappa shape index (κ1) is 16.9. The van der Waals surface area contributed by atoms with E-state index in [2.05, 4.69) is 46.9 Å². The Morgan fingerprint density at radius 2 is 2.00 bits per heavy atom. The molecule has 1 aliphatic carbocycles. The van der Waals surface area contributed by atoms with Gasteiger partial charge in [-0.05, 0) is 74.0 Å². The Balaban J connectivity index is 2.14. The molecule has 3 nitrogen and oxygen atoms in total. The normalized spacial score (nSPS) is 18.9. The third-order valence-corrected chi connectivity index (χ3v) is 5.50. The standard InChI is InChI=1S/C16H25BrFN3/c1-20(2)16(7-4-8-16)11-21(3)15(10-19)12-5-6-13(17)14(18)9-12/h5-6,9,15H,4,7-8,10-11,19H2,1-3H3. The summed E-state index contributed by atoms with van der Waals surface area (Å²) < 4.78 is 14.3. The van der Waals surface area contributed by atoms with Crippen LogP contribution in [0.1, 0.15) is 30.9 Å². The van der Waals surface area contributed by atoms with Crippen LogP contribution in [0, 0.1) is 5.82 Å². The molecule has 0 aromatic heterocycles. The number of benzene rings is 1. The third kappa shape index (κ3) is 3.47. The predicted octanol–water partition coefficient (Wildman–Crippen LogP) is 3.00. The summed E-state index contributed by atoms with van der Waals surface area (Å²) in [6.07, 6.45) is 3.72. The molecule has 1 atom stereocenters. The first-order chi connectivity index (χ1) is 9.89. The van der Waals surface area contributed by atoms with E-state index in [-0.39, 0.29) is 17.4 Å². The lowest BCUT2D eigenvalue weighted by Gasteiger charge is -2.50. The van der Waals surface area contributed by atoms with Crippen LogP contribution in [0.5, 0.6) is 0 Å². The van der Waals surface area contributed by atoms with E-state index in [9.17, 15) is 4.39 Å². The largest absolute Gasteiger partial charge is 0.329 e. The number of likely N-dealkylation sites (N-methyl/N-ethyl adjacent to an activating group) is 2.